The first kappa shape index (κ1) is 13.0. The van der Waals surface area contributed by atoms with Crippen LogP contribution in [0.3, 0.4) is 0 Å². The Labute approximate surface area is 101 Å². The Balaban J connectivity index is 2.31. The summed E-state index contributed by atoms with van der Waals surface area (Å²) in [5, 5.41) is 14.5. The fourth-order valence-corrected chi connectivity index (χ4v) is 1.28. The smallest absolute Gasteiger partial charge is 0.221 e. The summed E-state index contributed by atoms with van der Waals surface area (Å²) in [6.07, 6.45) is 2.00. The number of nitrogens with one attached hydrogen (secondary N) is 2. The van der Waals surface area contributed by atoms with Crippen molar-refractivity contribution < 1.29 is 4.79 Å². The van der Waals surface area contributed by atoms with Gasteiger partial charge in [0.25, 0.3) is 0 Å². The van der Waals surface area contributed by atoms with E-state index in [1.165, 1.54) is 0 Å². The number of aromatic nitrogens is 1. The summed E-state index contributed by atoms with van der Waals surface area (Å²) >= 11 is 0. The summed E-state index contributed by atoms with van der Waals surface area (Å²) in [7, 11) is 0. The molecule has 0 aromatic carbocycles. The lowest BCUT2D eigenvalue weighted by Gasteiger charge is -2.09. The van der Waals surface area contributed by atoms with Crippen LogP contribution in [-0.2, 0) is 4.79 Å². The molecule has 1 rings (SSSR count). The van der Waals surface area contributed by atoms with E-state index in [1.807, 2.05) is 19.9 Å². The van der Waals surface area contributed by atoms with Crippen LogP contribution in [0.15, 0.2) is 18.3 Å². The van der Waals surface area contributed by atoms with Gasteiger partial charge in [-0.05, 0) is 26.0 Å². The summed E-state index contributed by atoms with van der Waals surface area (Å²) in [5.74, 6) is 0.0223. The lowest BCUT2D eigenvalue weighted by molar-refractivity contribution is -0.121. The highest BCUT2D eigenvalue weighted by molar-refractivity contribution is 5.76. The molecule has 0 bridgehead atoms. The molecular weight excluding hydrogens is 216 g/mol. The van der Waals surface area contributed by atoms with Crippen LogP contribution >= 0.6 is 0 Å². The quantitative estimate of drug-likeness (QED) is 0.801. The number of carbonyl (C=O) groups is 1. The summed E-state index contributed by atoms with van der Waals surface area (Å²) < 4.78 is 0. The normalized spacial score (nSPS) is 9.76. The van der Waals surface area contributed by atoms with Gasteiger partial charge in [-0.1, -0.05) is 0 Å². The minimum atomic E-state index is 0.0223. The Morgan fingerprint density at radius 3 is 2.82 bits per heavy atom. The molecule has 1 aromatic heterocycles. The zero-order valence-corrected chi connectivity index (χ0v) is 10.0. The molecule has 0 aliphatic carbocycles. The van der Waals surface area contributed by atoms with Crippen LogP contribution in [0.5, 0.6) is 0 Å². The predicted octanol–water partition coefficient (Wildman–Crippen LogP) is 1.28. The third kappa shape index (κ3) is 4.98. The molecule has 0 atom stereocenters. The number of pyridine rings is 1. The fraction of sp³-hybridized carbons (Fsp3) is 0.417. The fourth-order valence-electron chi connectivity index (χ4n) is 1.28. The van der Waals surface area contributed by atoms with E-state index >= 15 is 0 Å². The average Bonchev–Trinajstić information content (AvgIpc) is 2.29. The van der Waals surface area contributed by atoms with E-state index in [0.29, 0.717) is 18.7 Å². The van der Waals surface area contributed by atoms with Crippen molar-refractivity contribution in [2.45, 2.75) is 26.3 Å². The van der Waals surface area contributed by atoms with E-state index in [-0.39, 0.29) is 11.9 Å². The maximum atomic E-state index is 11.3. The van der Waals surface area contributed by atoms with Crippen LogP contribution in [0.25, 0.3) is 0 Å². The summed E-state index contributed by atoms with van der Waals surface area (Å²) in [6.45, 7) is 4.40. The van der Waals surface area contributed by atoms with Crippen LogP contribution in [0.4, 0.5) is 5.69 Å². The Morgan fingerprint density at radius 1 is 1.53 bits per heavy atom. The van der Waals surface area contributed by atoms with Crippen molar-refractivity contribution in [2.24, 2.45) is 0 Å². The zero-order chi connectivity index (χ0) is 12.7. The van der Waals surface area contributed by atoms with Gasteiger partial charge in [0, 0.05) is 19.0 Å². The summed E-state index contributed by atoms with van der Waals surface area (Å²) in [6, 6.07) is 5.52. The zero-order valence-electron chi connectivity index (χ0n) is 10.0. The Bertz CT molecular complexity index is 406. The number of carbonyl (C=O) groups excluding carboxylic acids is 1. The molecule has 5 nitrogen and oxygen atoms in total. The Kier molecular flexibility index (Phi) is 4.95. The van der Waals surface area contributed by atoms with E-state index in [0.717, 1.165) is 5.69 Å². The van der Waals surface area contributed by atoms with Gasteiger partial charge in [0.05, 0.1) is 11.9 Å². The monoisotopic (exact) mass is 232 g/mol. The lowest BCUT2D eigenvalue weighted by Crippen LogP contribution is -2.31. The molecule has 1 amide bonds. The van der Waals surface area contributed by atoms with E-state index < -0.39 is 0 Å². The van der Waals surface area contributed by atoms with Crippen LogP contribution in [0.1, 0.15) is 26.0 Å². The highest BCUT2D eigenvalue weighted by Gasteiger charge is 2.02. The second-order valence-corrected chi connectivity index (χ2v) is 3.94. The molecule has 0 radical (unpaired) electrons. The number of hydrogen-bond acceptors (Lipinski definition) is 4. The molecule has 17 heavy (non-hydrogen) atoms. The van der Waals surface area contributed by atoms with Gasteiger partial charge in [-0.15, -0.1) is 0 Å². The van der Waals surface area contributed by atoms with Gasteiger partial charge < -0.3 is 10.6 Å². The van der Waals surface area contributed by atoms with Crippen LogP contribution in [0.2, 0.25) is 0 Å². The van der Waals surface area contributed by atoms with Crippen LogP contribution < -0.4 is 10.6 Å². The Hall–Kier alpha value is -2.09. The van der Waals surface area contributed by atoms with Crippen molar-refractivity contribution in [1.82, 2.24) is 10.3 Å². The van der Waals surface area contributed by atoms with Gasteiger partial charge in [0.1, 0.15) is 11.8 Å². The largest absolute Gasteiger partial charge is 0.383 e. The van der Waals surface area contributed by atoms with Gasteiger partial charge in [0.15, 0.2) is 0 Å². The maximum Gasteiger partial charge on any atom is 0.221 e. The predicted molar refractivity (Wildman–Crippen MR) is 65.3 cm³/mol. The number of nitriles is 1. The van der Waals surface area contributed by atoms with E-state index in [1.54, 1.807) is 18.3 Å². The number of amides is 1. The van der Waals surface area contributed by atoms with Crippen molar-refractivity contribution in [3.8, 4) is 6.07 Å². The standard InChI is InChI=1S/C12H16N4O/c1-9(2)16-12(17)5-6-14-11-4-3-10(7-13)15-8-11/h3-4,8-9,14H,5-6H2,1-2H3,(H,16,17). The third-order valence-electron chi connectivity index (χ3n) is 2.01. The van der Waals surface area contributed by atoms with Crippen molar-refractivity contribution in [1.29, 1.82) is 5.26 Å². The second-order valence-electron chi connectivity index (χ2n) is 3.94. The number of nitrogens with zero attached hydrogens (tertiary/aromatic N) is 2. The maximum absolute atomic E-state index is 11.3. The molecule has 0 aliphatic rings. The molecule has 5 heteroatoms. The van der Waals surface area contributed by atoms with Gasteiger partial charge in [-0.25, -0.2) is 4.98 Å². The molecule has 90 valence electrons. The van der Waals surface area contributed by atoms with Crippen LogP contribution in [0, 0.1) is 11.3 Å². The van der Waals surface area contributed by atoms with Gasteiger partial charge in [-0.2, -0.15) is 5.26 Å². The van der Waals surface area contributed by atoms with E-state index in [9.17, 15) is 4.79 Å². The SMILES string of the molecule is CC(C)NC(=O)CCNc1ccc(C#N)nc1. The highest BCUT2D eigenvalue weighted by Crippen LogP contribution is 2.05. The third-order valence-corrected chi connectivity index (χ3v) is 2.01. The first-order valence-electron chi connectivity index (χ1n) is 5.51. The van der Waals surface area contributed by atoms with Crippen molar-refractivity contribution >= 4 is 11.6 Å². The van der Waals surface area contributed by atoms with Crippen molar-refractivity contribution in [3.63, 3.8) is 0 Å². The van der Waals surface area contributed by atoms with Crippen molar-refractivity contribution in [2.75, 3.05) is 11.9 Å². The molecule has 0 saturated heterocycles. The van der Waals surface area contributed by atoms with E-state index in [2.05, 4.69) is 15.6 Å². The number of hydrogen-bond donors (Lipinski definition) is 2. The summed E-state index contributed by atoms with van der Waals surface area (Å²) in [4.78, 5) is 15.3. The first-order valence-corrected chi connectivity index (χ1v) is 5.51. The molecule has 1 aromatic rings. The lowest BCUT2D eigenvalue weighted by atomic mass is 10.3. The number of rotatable bonds is 5. The van der Waals surface area contributed by atoms with E-state index in [4.69, 9.17) is 5.26 Å². The highest BCUT2D eigenvalue weighted by atomic mass is 16.1. The molecular formula is C12H16N4O. The molecule has 0 unspecified atom stereocenters. The van der Waals surface area contributed by atoms with Gasteiger partial charge in [0.2, 0.25) is 5.91 Å². The molecule has 0 aliphatic heterocycles. The average molecular weight is 232 g/mol. The van der Waals surface area contributed by atoms with Crippen molar-refractivity contribution in [3.05, 3.63) is 24.0 Å². The first-order chi connectivity index (χ1) is 8.11. The topological polar surface area (TPSA) is 77.8 Å². The van der Waals surface area contributed by atoms with Gasteiger partial charge in [-0.3, -0.25) is 4.79 Å². The van der Waals surface area contributed by atoms with Gasteiger partial charge >= 0.3 is 0 Å². The summed E-state index contributed by atoms with van der Waals surface area (Å²) in [5.41, 5.74) is 1.19. The molecule has 1 heterocycles. The Morgan fingerprint density at radius 2 is 2.29 bits per heavy atom. The minimum Gasteiger partial charge on any atom is -0.383 e. The molecule has 2 N–H and O–H groups in total. The minimum absolute atomic E-state index is 0.0223. The molecule has 0 saturated carbocycles. The number of anilines is 1. The van der Waals surface area contributed by atoms with Crippen LogP contribution in [-0.4, -0.2) is 23.5 Å². The molecule has 0 fully saturated rings. The second kappa shape index (κ2) is 6.48. The molecule has 0 spiro atoms.